The summed E-state index contributed by atoms with van der Waals surface area (Å²) in [6.45, 7) is 4.18. The van der Waals surface area contributed by atoms with E-state index >= 15 is 0 Å². The Morgan fingerprint density at radius 1 is 1.03 bits per heavy atom. The third-order valence-electron chi connectivity index (χ3n) is 5.73. The Bertz CT molecular complexity index is 1070. The second-order valence-corrected chi connectivity index (χ2v) is 7.55. The number of likely N-dealkylation sites (tertiary alicyclic amines) is 1. The van der Waals surface area contributed by atoms with E-state index in [1.54, 1.807) is 23.6 Å². The van der Waals surface area contributed by atoms with Gasteiger partial charge in [-0.2, -0.15) is 5.10 Å². The van der Waals surface area contributed by atoms with E-state index in [9.17, 15) is 9.59 Å². The number of ether oxygens (including phenoxy) is 1. The predicted molar refractivity (Wildman–Crippen MR) is 114 cm³/mol. The molecule has 30 heavy (non-hydrogen) atoms. The number of amides is 1. The Balaban J connectivity index is 1.62. The van der Waals surface area contributed by atoms with Gasteiger partial charge < -0.3 is 9.64 Å². The number of rotatable bonds is 5. The Hall–Kier alpha value is -3.41. The largest absolute Gasteiger partial charge is 0.497 e. The topological polar surface area (TPSA) is 64.4 Å². The minimum atomic E-state index is -0.493. The van der Waals surface area contributed by atoms with Gasteiger partial charge in [0.25, 0.3) is 11.7 Å². The van der Waals surface area contributed by atoms with Crippen LogP contribution in [0, 0.1) is 13.8 Å². The van der Waals surface area contributed by atoms with E-state index in [1.807, 2.05) is 61.5 Å². The molecule has 0 bridgehead atoms. The number of carbonyl (C=O) groups excluding carboxylic acids is 2. The van der Waals surface area contributed by atoms with E-state index < -0.39 is 11.7 Å². The van der Waals surface area contributed by atoms with Gasteiger partial charge in [0.1, 0.15) is 5.75 Å². The van der Waals surface area contributed by atoms with Crippen molar-refractivity contribution in [2.75, 3.05) is 13.7 Å². The highest BCUT2D eigenvalue weighted by Crippen LogP contribution is 2.33. The van der Waals surface area contributed by atoms with Gasteiger partial charge in [-0.3, -0.25) is 9.59 Å². The lowest BCUT2D eigenvalue weighted by Gasteiger charge is -2.24. The summed E-state index contributed by atoms with van der Waals surface area (Å²) in [5, 5.41) is 4.52. The third kappa shape index (κ3) is 3.49. The molecule has 0 spiro atoms. The molecule has 6 nitrogen and oxygen atoms in total. The molecule has 1 fully saturated rings. The first-order valence-electron chi connectivity index (χ1n) is 10.1. The van der Waals surface area contributed by atoms with Crippen LogP contribution in [0.5, 0.6) is 5.75 Å². The first-order chi connectivity index (χ1) is 14.5. The number of hydrogen-bond donors (Lipinski definition) is 0. The molecule has 1 aliphatic heterocycles. The average Bonchev–Trinajstić information content (AvgIpc) is 3.38. The number of aromatic nitrogens is 2. The Morgan fingerprint density at radius 2 is 1.73 bits per heavy atom. The van der Waals surface area contributed by atoms with Crippen LogP contribution in [0.15, 0.2) is 54.6 Å². The molecule has 6 heteroatoms. The number of hydrogen-bond acceptors (Lipinski definition) is 4. The van der Waals surface area contributed by atoms with Gasteiger partial charge in [-0.15, -0.1) is 0 Å². The van der Waals surface area contributed by atoms with E-state index in [-0.39, 0.29) is 6.04 Å². The van der Waals surface area contributed by atoms with Crippen molar-refractivity contribution in [1.29, 1.82) is 0 Å². The quantitative estimate of drug-likeness (QED) is 0.476. The van der Waals surface area contributed by atoms with Gasteiger partial charge in [-0.1, -0.05) is 30.3 Å². The van der Waals surface area contributed by atoms with Gasteiger partial charge in [0.15, 0.2) is 0 Å². The van der Waals surface area contributed by atoms with E-state index in [0.717, 1.165) is 29.8 Å². The lowest BCUT2D eigenvalue weighted by atomic mass is 10.0. The molecular formula is C24H25N3O3. The average molecular weight is 403 g/mol. The SMILES string of the molecule is COc1ccc(C2CCCN2C(=O)C(=O)c2c(C)nn(-c3ccccc3)c2C)cc1. The van der Waals surface area contributed by atoms with Crippen LogP contribution in [-0.4, -0.2) is 40.0 Å². The highest BCUT2D eigenvalue weighted by molar-refractivity contribution is 6.43. The smallest absolute Gasteiger partial charge is 0.295 e. The lowest BCUT2D eigenvalue weighted by molar-refractivity contribution is -0.127. The molecular weight excluding hydrogens is 378 g/mol. The molecule has 1 aromatic heterocycles. The maximum atomic E-state index is 13.2. The molecule has 154 valence electrons. The van der Waals surface area contributed by atoms with Gasteiger partial charge in [-0.05, 0) is 56.5 Å². The second-order valence-electron chi connectivity index (χ2n) is 7.55. The van der Waals surface area contributed by atoms with Gasteiger partial charge in [0, 0.05) is 6.54 Å². The number of carbonyl (C=O) groups is 2. The highest BCUT2D eigenvalue weighted by Gasteiger charge is 2.36. The van der Waals surface area contributed by atoms with Crippen LogP contribution >= 0.6 is 0 Å². The molecule has 1 amide bonds. The molecule has 0 saturated carbocycles. The fourth-order valence-corrected chi connectivity index (χ4v) is 4.21. The van der Waals surface area contributed by atoms with E-state index in [4.69, 9.17) is 4.74 Å². The number of para-hydroxylation sites is 1. The molecule has 2 heterocycles. The number of benzene rings is 2. The standard InChI is InChI=1S/C24H25N3O3/c1-16-22(17(2)27(25-16)19-8-5-4-6-9-19)23(28)24(29)26-15-7-10-21(26)18-11-13-20(30-3)14-12-18/h4-6,8-9,11-14,21H,7,10,15H2,1-3H3. The zero-order valence-corrected chi connectivity index (χ0v) is 17.5. The summed E-state index contributed by atoms with van der Waals surface area (Å²) in [5.41, 5.74) is 3.51. The van der Waals surface area contributed by atoms with Crippen LogP contribution in [0.1, 0.15) is 46.2 Å². The second kappa shape index (κ2) is 8.14. The van der Waals surface area contributed by atoms with Crippen LogP contribution in [0.25, 0.3) is 5.69 Å². The van der Waals surface area contributed by atoms with Gasteiger partial charge in [0.2, 0.25) is 0 Å². The maximum Gasteiger partial charge on any atom is 0.295 e. The fourth-order valence-electron chi connectivity index (χ4n) is 4.21. The molecule has 1 saturated heterocycles. The van der Waals surface area contributed by atoms with Crippen LogP contribution in [0.4, 0.5) is 0 Å². The lowest BCUT2D eigenvalue weighted by Crippen LogP contribution is -2.36. The molecule has 0 aliphatic carbocycles. The van der Waals surface area contributed by atoms with Crippen molar-refractivity contribution in [3.63, 3.8) is 0 Å². The van der Waals surface area contributed by atoms with Crippen LogP contribution in [-0.2, 0) is 4.79 Å². The van der Waals surface area contributed by atoms with Crippen LogP contribution in [0.2, 0.25) is 0 Å². The Labute approximate surface area is 176 Å². The van der Waals surface area contributed by atoms with Crippen molar-refractivity contribution in [3.05, 3.63) is 77.1 Å². The van der Waals surface area contributed by atoms with Gasteiger partial charge in [-0.25, -0.2) is 4.68 Å². The van der Waals surface area contributed by atoms with Gasteiger partial charge in [0.05, 0.1) is 35.8 Å². The number of Topliss-reactive ketones (excluding diaryl/α,β-unsaturated/α-hetero) is 1. The minimum absolute atomic E-state index is 0.0999. The molecule has 4 rings (SSSR count). The molecule has 0 N–H and O–H groups in total. The number of nitrogens with zero attached hydrogens (tertiary/aromatic N) is 3. The van der Waals surface area contributed by atoms with Crippen molar-refractivity contribution >= 4 is 11.7 Å². The van der Waals surface area contributed by atoms with Gasteiger partial charge >= 0.3 is 0 Å². The number of ketones is 1. The monoisotopic (exact) mass is 403 g/mol. The number of aryl methyl sites for hydroxylation is 1. The van der Waals surface area contributed by atoms with Crippen molar-refractivity contribution in [2.24, 2.45) is 0 Å². The first-order valence-corrected chi connectivity index (χ1v) is 10.1. The van der Waals surface area contributed by atoms with Crippen molar-refractivity contribution < 1.29 is 14.3 Å². The van der Waals surface area contributed by atoms with Crippen LogP contribution in [0.3, 0.4) is 0 Å². The van der Waals surface area contributed by atoms with E-state index in [1.165, 1.54) is 0 Å². The van der Waals surface area contributed by atoms with Crippen LogP contribution < -0.4 is 4.74 Å². The Kier molecular flexibility index (Phi) is 5.40. The summed E-state index contributed by atoms with van der Waals surface area (Å²) in [7, 11) is 1.62. The zero-order chi connectivity index (χ0) is 21.3. The zero-order valence-electron chi connectivity index (χ0n) is 17.5. The van der Waals surface area contributed by atoms with Crippen molar-refractivity contribution in [2.45, 2.75) is 32.7 Å². The van der Waals surface area contributed by atoms with Crippen molar-refractivity contribution in [1.82, 2.24) is 14.7 Å². The maximum absolute atomic E-state index is 13.2. The Morgan fingerprint density at radius 3 is 2.40 bits per heavy atom. The van der Waals surface area contributed by atoms with E-state index in [2.05, 4.69) is 5.10 Å². The van der Waals surface area contributed by atoms with Crippen molar-refractivity contribution in [3.8, 4) is 11.4 Å². The molecule has 1 atom stereocenters. The summed E-state index contributed by atoms with van der Waals surface area (Å²) in [5.74, 6) is -0.190. The molecule has 2 aromatic carbocycles. The summed E-state index contributed by atoms with van der Waals surface area (Å²) < 4.78 is 6.95. The summed E-state index contributed by atoms with van der Waals surface area (Å²) in [6, 6.07) is 17.2. The molecule has 3 aromatic rings. The van der Waals surface area contributed by atoms with E-state index in [0.29, 0.717) is 23.5 Å². The summed E-state index contributed by atoms with van der Waals surface area (Å²) >= 11 is 0. The predicted octanol–water partition coefficient (Wildman–Crippen LogP) is 4.04. The normalized spacial score (nSPS) is 16.0. The minimum Gasteiger partial charge on any atom is -0.497 e. The first kappa shape index (κ1) is 19.9. The highest BCUT2D eigenvalue weighted by atomic mass is 16.5. The summed E-state index contributed by atoms with van der Waals surface area (Å²) in [6.07, 6.45) is 1.71. The molecule has 1 aliphatic rings. The molecule has 0 radical (unpaired) electrons. The third-order valence-corrected chi connectivity index (χ3v) is 5.73. The number of methoxy groups -OCH3 is 1. The summed E-state index contributed by atoms with van der Waals surface area (Å²) in [4.78, 5) is 28.1. The molecule has 1 unspecified atom stereocenters. The fraction of sp³-hybridized carbons (Fsp3) is 0.292.